The van der Waals surface area contributed by atoms with Crippen LogP contribution >= 0.6 is 0 Å². The molecule has 5 nitrogen and oxygen atoms in total. The molecule has 1 fully saturated rings. The predicted octanol–water partition coefficient (Wildman–Crippen LogP) is -0.0658. The van der Waals surface area contributed by atoms with Gasteiger partial charge in [0.1, 0.15) is 5.60 Å². The Balaban J connectivity index is 2.53. The molecule has 0 aromatic heterocycles. The number of aliphatic hydroxyl groups is 1. The van der Waals surface area contributed by atoms with Crippen LogP contribution in [0.1, 0.15) is 19.3 Å². The molecule has 0 radical (unpaired) electrons. The molecule has 0 spiro atoms. The first-order valence-electron chi connectivity index (χ1n) is 3.82. The second kappa shape index (κ2) is 3.84. The molecule has 12 heavy (non-hydrogen) atoms. The fourth-order valence-electron chi connectivity index (χ4n) is 1.22. The molecule has 1 heterocycles. The number of aliphatic hydroxyl groups excluding tert-OH is 1. The summed E-state index contributed by atoms with van der Waals surface area (Å²) < 4.78 is 0. The molecule has 1 aliphatic rings. The molecule has 0 bridgehead atoms. The lowest BCUT2D eigenvalue weighted by Crippen LogP contribution is -2.42. The second-order valence-corrected chi connectivity index (χ2v) is 2.92. The van der Waals surface area contributed by atoms with Crippen molar-refractivity contribution in [3.05, 3.63) is 0 Å². The maximum atomic E-state index is 10.4. The van der Waals surface area contributed by atoms with Crippen molar-refractivity contribution in [2.24, 2.45) is 0 Å². The van der Waals surface area contributed by atoms with Crippen molar-refractivity contribution in [3.8, 4) is 0 Å². The third-order valence-corrected chi connectivity index (χ3v) is 1.86. The molecule has 0 amide bonds. The SMILES string of the molecule is O=C(O)CC1(CO)CCCOO1. The number of aliphatic carboxylic acids is 1. The molecule has 1 aliphatic heterocycles. The third kappa shape index (κ3) is 2.17. The highest BCUT2D eigenvalue weighted by atomic mass is 17.2. The van der Waals surface area contributed by atoms with Crippen LogP contribution in [0.3, 0.4) is 0 Å². The predicted molar refractivity (Wildman–Crippen MR) is 38.3 cm³/mol. The average Bonchev–Trinajstić information content (AvgIpc) is 2.05. The monoisotopic (exact) mass is 176 g/mol. The zero-order valence-electron chi connectivity index (χ0n) is 6.65. The van der Waals surface area contributed by atoms with Crippen LogP contribution in [0.25, 0.3) is 0 Å². The Morgan fingerprint density at radius 3 is 2.75 bits per heavy atom. The van der Waals surface area contributed by atoms with Gasteiger partial charge in [-0.05, 0) is 12.8 Å². The number of hydrogen-bond donors (Lipinski definition) is 2. The summed E-state index contributed by atoms with van der Waals surface area (Å²) in [5, 5.41) is 17.4. The van der Waals surface area contributed by atoms with E-state index >= 15 is 0 Å². The molecule has 1 unspecified atom stereocenters. The van der Waals surface area contributed by atoms with E-state index < -0.39 is 11.6 Å². The first-order chi connectivity index (χ1) is 5.68. The quantitative estimate of drug-likeness (QED) is 0.589. The van der Waals surface area contributed by atoms with Crippen molar-refractivity contribution in [3.63, 3.8) is 0 Å². The normalized spacial score (nSPS) is 30.1. The minimum Gasteiger partial charge on any atom is -0.481 e. The van der Waals surface area contributed by atoms with Crippen LogP contribution in [0.2, 0.25) is 0 Å². The molecule has 70 valence electrons. The molecule has 1 rings (SSSR count). The number of hydrogen-bond acceptors (Lipinski definition) is 4. The standard InChI is InChI=1S/C7H12O5/c8-5-7(4-6(9)10)2-1-3-11-12-7/h8H,1-5H2,(H,9,10). The lowest BCUT2D eigenvalue weighted by atomic mass is 9.94. The Morgan fingerprint density at radius 2 is 2.33 bits per heavy atom. The van der Waals surface area contributed by atoms with Gasteiger partial charge in [-0.25, -0.2) is 9.78 Å². The van der Waals surface area contributed by atoms with Gasteiger partial charge in [-0.2, -0.15) is 0 Å². The maximum absolute atomic E-state index is 10.4. The first kappa shape index (κ1) is 9.44. The Labute approximate surface area is 69.8 Å². The maximum Gasteiger partial charge on any atom is 0.306 e. The summed E-state index contributed by atoms with van der Waals surface area (Å²) in [5.41, 5.74) is -1.02. The topological polar surface area (TPSA) is 76.0 Å². The smallest absolute Gasteiger partial charge is 0.306 e. The van der Waals surface area contributed by atoms with E-state index in [4.69, 9.17) is 15.1 Å². The highest BCUT2D eigenvalue weighted by molar-refractivity contribution is 5.68. The number of carboxylic acids is 1. The minimum absolute atomic E-state index is 0.219. The van der Waals surface area contributed by atoms with Gasteiger partial charge in [0.2, 0.25) is 0 Å². The van der Waals surface area contributed by atoms with E-state index in [1.54, 1.807) is 0 Å². The van der Waals surface area contributed by atoms with Gasteiger partial charge in [-0.15, -0.1) is 0 Å². The van der Waals surface area contributed by atoms with Gasteiger partial charge in [-0.1, -0.05) is 0 Å². The molecule has 1 atom stereocenters. The van der Waals surface area contributed by atoms with Gasteiger partial charge in [0.15, 0.2) is 0 Å². The van der Waals surface area contributed by atoms with Crippen molar-refractivity contribution >= 4 is 5.97 Å². The Bertz CT molecular complexity index is 161. The van der Waals surface area contributed by atoms with Gasteiger partial charge in [0.05, 0.1) is 19.6 Å². The summed E-state index contributed by atoms with van der Waals surface area (Å²) in [6.07, 6.45) is 1.02. The summed E-state index contributed by atoms with van der Waals surface area (Å²) in [5.74, 6) is -0.991. The van der Waals surface area contributed by atoms with Gasteiger partial charge in [-0.3, -0.25) is 4.79 Å². The fourth-order valence-corrected chi connectivity index (χ4v) is 1.22. The van der Waals surface area contributed by atoms with Crippen LogP contribution in [0.15, 0.2) is 0 Å². The zero-order chi connectivity index (χ0) is 9.03. The van der Waals surface area contributed by atoms with Crippen molar-refractivity contribution in [1.82, 2.24) is 0 Å². The van der Waals surface area contributed by atoms with E-state index in [0.717, 1.165) is 0 Å². The van der Waals surface area contributed by atoms with Gasteiger partial charge < -0.3 is 10.2 Å². The van der Waals surface area contributed by atoms with Crippen molar-refractivity contribution in [1.29, 1.82) is 0 Å². The first-order valence-corrected chi connectivity index (χ1v) is 3.82. The van der Waals surface area contributed by atoms with Crippen LogP contribution in [0.5, 0.6) is 0 Å². The molecule has 1 saturated heterocycles. The highest BCUT2D eigenvalue weighted by Crippen LogP contribution is 2.26. The minimum atomic E-state index is -1.02. The van der Waals surface area contributed by atoms with Crippen molar-refractivity contribution in [2.45, 2.75) is 24.9 Å². The third-order valence-electron chi connectivity index (χ3n) is 1.86. The summed E-state index contributed by atoms with van der Waals surface area (Å²) in [4.78, 5) is 19.8. The van der Waals surface area contributed by atoms with Crippen LogP contribution in [0.4, 0.5) is 0 Å². The average molecular weight is 176 g/mol. The molecule has 2 N–H and O–H groups in total. The van der Waals surface area contributed by atoms with Gasteiger partial charge in [0, 0.05) is 0 Å². The number of carbonyl (C=O) groups is 1. The fraction of sp³-hybridized carbons (Fsp3) is 0.857. The zero-order valence-corrected chi connectivity index (χ0v) is 6.65. The van der Waals surface area contributed by atoms with Crippen LogP contribution in [0, 0.1) is 0 Å². The van der Waals surface area contributed by atoms with E-state index in [2.05, 4.69) is 4.89 Å². The second-order valence-electron chi connectivity index (χ2n) is 2.92. The Morgan fingerprint density at radius 1 is 1.58 bits per heavy atom. The lowest BCUT2D eigenvalue weighted by molar-refractivity contribution is -0.388. The van der Waals surface area contributed by atoms with E-state index in [9.17, 15) is 4.79 Å². The molecule has 0 aromatic rings. The Hall–Kier alpha value is -0.650. The van der Waals surface area contributed by atoms with Crippen molar-refractivity contribution < 1.29 is 24.8 Å². The molecular weight excluding hydrogens is 164 g/mol. The molecule has 0 aromatic carbocycles. The Kier molecular flexibility index (Phi) is 3.02. The summed E-state index contributed by atoms with van der Waals surface area (Å²) in [6.45, 7) is 0.140. The van der Waals surface area contributed by atoms with E-state index in [1.807, 2.05) is 0 Å². The van der Waals surface area contributed by atoms with E-state index in [1.165, 1.54) is 0 Å². The number of rotatable bonds is 3. The van der Waals surface area contributed by atoms with E-state index in [0.29, 0.717) is 19.4 Å². The summed E-state index contributed by atoms with van der Waals surface area (Å²) in [7, 11) is 0. The summed E-state index contributed by atoms with van der Waals surface area (Å²) >= 11 is 0. The van der Waals surface area contributed by atoms with Crippen LogP contribution < -0.4 is 0 Å². The largest absolute Gasteiger partial charge is 0.481 e. The molecule has 0 aliphatic carbocycles. The molecule has 0 saturated carbocycles. The lowest BCUT2D eigenvalue weighted by Gasteiger charge is -2.32. The summed E-state index contributed by atoms with van der Waals surface area (Å²) in [6, 6.07) is 0. The number of carboxylic acid groups (broad SMARTS) is 1. The molecule has 5 heteroatoms. The van der Waals surface area contributed by atoms with Gasteiger partial charge in [0.25, 0.3) is 0 Å². The molecular formula is C7H12O5. The van der Waals surface area contributed by atoms with Crippen LogP contribution in [-0.2, 0) is 14.6 Å². The van der Waals surface area contributed by atoms with E-state index in [-0.39, 0.29) is 13.0 Å². The van der Waals surface area contributed by atoms with Crippen molar-refractivity contribution in [2.75, 3.05) is 13.2 Å². The van der Waals surface area contributed by atoms with Gasteiger partial charge >= 0.3 is 5.97 Å². The van der Waals surface area contributed by atoms with Crippen LogP contribution in [-0.4, -0.2) is 35.0 Å². The highest BCUT2D eigenvalue weighted by Gasteiger charge is 2.36.